The van der Waals surface area contributed by atoms with Gasteiger partial charge in [0.05, 0.1) is 33.6 Å². The van der Waals surface area contributed by atoms with Gasteiger partial charge in [-0.3, -0.25) is 19.2 Å². The molecule has 0 unspecified atom stereocenters. The first-order valence-electron chi connectivity index (χ1n) is 11.9. The van der Waals surface area contributed by atoms with Crippen molar-refractivity contribution in [1.82, 2.24) is 0 Å². The van der Waals surface area contributed by atoms with Gasteiger partial charge < -0.3 is 11.5 Å². The molecule has 0 saturated carbocycles. The second-order valence-electron chi connectivity index (χ2n) is 9.50. The zero-order valence-corrected chi connectivity index (χ0v) is 20.6. The van der Waals surface area contributed by atoms with Crippen LogP contribution in [0.5, 0.6) is 0 Å². The average Bonchev–Trinajstić information content (AvgIpc) is 3.30. The summed E-state index contributed by atoms with van der Waals surface area (Å²) < 4.78 is 0. The molecule has 0 atom stereocenters. The van der Waals surface area contributed by atoms with Crippen LogP contribution < -0.4 is 21.3 Å². The van der Waals surface area contributed by atoms with E-state index < -0.39 is 23.6 Å². The van der Waals surface area contributed by atoms with Crippen molar-refractivity contribution >= 4 is 46.4 Å². The zero-order chi connectivity index (χ0) is 26.9. The Morgan fingerprint density at radius 3 is 1.24 bits per heavy atom. The lowest BCUT2D eigenvalue weighted by Crippen LogP contribution is -2.30. The molecule has 2 heterocycles. The van der Waals surface area contributed by atoms with E-state index in [4.69, 9.17) is 11.5 Å². The number of hydrogen-bond donors (Lipinski definition) is 2. The quantitative estimate of drug-likeness (QED) is 0.308. The molecule has 0 saturated heterocycles. The molecule has 2 aliphatic rings. The predicted molar refractivity (Wildman–Crippen MR) is 145 cm³/mol. The summed E-state index contributed by atoms with van der Waals surface area (Å²) in [6.07, 6.45) is 0. The molecule has 4 N–H and O–H groups in total. The molecule has 186 valence electrons. The minimum absolute atomic E-state index is 0.259. The number of benzene rings is 4. The summed E-state index contributed by atoms with van der Waals surface area (Å²) in [4.78, 5) is 55.2. The van der Waals surface area contributed by atoms with Crippen LogP contribution in [0.3, 0.4) is 0 Å². The number of nitrogen functional groups attached to an aromatic ring is 2. The molecular formula is C30H22N4O4. The normalized spacial score (nSPS) is 14.4. The molecule has 6 rings (SSSR count). The van der Waals surface area contributed by atoms with Crippen LogP contribution in [0.4, 0.5) is 22.7 Å². The lowest BCUT2D eigenvalue weighted by Gasteiger charge is -2.17. The van der Waals surface area contributed by atoms with E-state index in [1.54, 1.807) is 86.6 Å². The monoisotopic (exact) mass is 502 g/mol. The Morgan fingerprint density at radius 1 is 0.474 bits per heavy atom. The number of fused-ring (bicyclic) bond motifs is 2. The van der Waals surface area contributed by atoms with Crippen molar-refractivity contribution in [2.45, 2.75) is 13.8 Å². The number of anilines is 4. The maximum absolute atomic E-state index is 13.3. The summed E-state index contributed by atoms with van der Waals surface area (Å²) in [6, 6.07) is 20.1. The van der Waals surface area contributed by atoms with E-state index in [9.17, 15) is 19.2 Å². The minimum Gasteiger partial charge on any atom is -0.399 e. The lowest BCUT2D eigenvalue weighted by molar-refractivity contribution is 0.0910. The Kier molecular flexibility index (Phi) is 4.96. The van der Waals surface area contributed by atoms with Crippen molar-refractivity contribution < 1.29 is 19.2 Å². The first-order valence-corrected chi connectivity index (χ1v) is 11.9. The van der Waals surface area contributed by atoms with Gasteiger partial charge in [-0.2, -0.15) is 0 Å². The van der Waals surface area contributed by atoms with Crippen molar-refractivity contribution in [3.63, 3.8) is 0 Å². The van der Waals surface area contributed by atoms with E-state index in [0.29, 0.717) is 33.9 Å². The molecule has 0 aliphatic carbocycles. The van der Waals surface area contributed by atoms with Gasteiger partial charge in [0.25, 0.3) is 23.6 Å². The summed E-state index contributed by atoms with van der Waals surface area (Å²) >= 11 is 0. The van der Waals surface area contributed by atoms with Crippen molar-refractivity contribution in [3.8, 4) is 11.1 Å². The Morgan fingerprint density at radius 2 is 0.842 bits per heavy atom. The molecule has 8 heteroatoms. The lowest BCUT2D eigenvalue weighted by atomic mass is 9.97. The maximum atomic E-state index is 13.3. The van der Waals surface area contributed by atoms with Gasteiger partial charge in [0.15, 0.2) is 0 Å². The molecule has 0 radical (unpaired) electrons. The Bertz CT molecular complexity index is 1630. The van der Waals surface area contributed by atoms with E-state index in [-0.39, 0.29) is 22.3 Å². The summed E-state index contributed by atoms with van der Waals surface area (Å²) in [5.41, 5.74) is 17.5. The molecule has 0 aromatic heterocycles. The first kappa shape index (κ1) is 23.2. The Labute approximate surface area is 218 Å². The van der Waals surface area contributed by atoms with Crippen LogP contribution in [0.15, 0.2) is 72.8 Å². The van der Waals surface area contributed by atoms with Gasteiger partial charge in [-0.1, -0.05) is 24.3 Å². The standard InChI is InChI=1S/C30H22N4O4/c1-15-3-7-19(31)13-25(15)33-27(35)21-9-5-17(11-23(21)29(33)37)18-6-10-22-24(12-18)30(38)34(28(22)36)26-14-20(32)8-4-16(26)2/h3-14H,31-32H2,1-2H3. The SMILES string of the molecule is Cc1ccc(N)cc1N1C(=O)c2ccc(-c3ccc4c(c3)C(=O)N(c3cc(N)ccc3C)C4=O)cc2C1=O. The van der Waals surface area contributed by atoms with Gasteiger partial charge in [-0.25, -0.2) is 9.80 Å². The number of nitrogens with zero attached hydrogens (tertiary/aromatic N) is 2. The number of nitrogens with two attached hydrogens (primary N) is 2. The largest absolute Gasteiger partial charge is 0.399 e. The van der Waals surface area contributed by atoms with Crippen molar-refractivity contribution in [2.75, 3.05) is 21.3 Å². The molecule has 2 aliphatic heterocycles. The fourth-order valence-electron chi connectivity index (χ4n) is 5.01. The van der Waals surface area contributed by atoms with Crippen molar-refractivity contribution in [2.24, 2.45) is 0 Å². The molecule has 4 amide bonds. The molecule has 0 bridgehead atoms. The van der Waals surface area contributed by atoms with Gasteiger partial charge in [0, 0.05) is 11.4 Å². The Hall–Kier alpha value is -5.24. The number of carbonyl (C=O) groups excluding carboxylic acids is 4. The highest BCUT2D eigenvalue weighted by Crippen LogP contribution is 2.37. The molecule has 38 heavy (non-hydrogen) atoms. The van der Waals surface area contributed by atoms with Crippen LogP contribution in [0.2, 0.25) is 0 Å². The highest BCUT2D eigenvalue weighted by Gasteiger charge is 2.39. The van der Waals surface area contributed by atoms with Crippen LogP contribution in [0.1, 0.15) is 52.6 Å². The van der Waals surface area contributed by atoms with Gasteiger partial charge in [-0.05, 0) is 84.6 Å². The third kappa shape index (κ3) is 3.31. The first-order chi connectivity index (χ1) is 18.2. The highest BCUT2D eigenvalue weighted by atomic mass is 16.2. The number of aryl methyl sites for hydroxylation is 2. The third-order valence-electron chi connectivity index (χ3n) is 7.05. The fourth-order valence-corrected chi connectivity index (χ4v) is 5.01. The van der Waals surface area contributed by atoms with Crippen LogP contribution in [0, 0.1) is 13.8 Å². The Balaban J connectivity index is 1.38. The van der Waals surface area contributed by atoms with Crippen molar-refractivity contribution in [3.05, 3.63) is 106 Å². The van der Waals surface area contributed by atoms with Gasteiger partial charge in [0.2, 0.25) is 0 Å². The van der Waals surface area contributed by atoms with E-state index in [2.05, 4.69) is 0 Å². The average molecular weight is 503 g/mol. The van der Waals surface area contributed by atoms with E-state index >= 15 is 0 Å². The van der Waals surface area contributed by atoms with Gasteiger partial charge in [-0.15, -0.1) is 0 Å². The highest BCUT2D eigenvalue weighted by molar-refractivity contribution is 6.36. The van der Waals surface area contributed by atoms with E-state index in [0.717, 1.165) is 20.9 Å². The summed E-state index contributed by atoms with van der Waals surface area (Å²) in [6.45, 7) is 3.61. The summed E-state index contributed by atoms with van der Waals surface area (Å²) in [5, 5.41) is 0. The molecule has 0 fully saturated rings. The topological polar surface area (TPSA) is 127 Å². The van der Waals surface area contributed by atoms with Crippen molar-refractivity contribution in [1.29, 1.82) is 0 Å². The maximum Gasteiger partial charge on any atom is 0.266 e. The van der Waals surface area contributed by atoms with E-state index in [1.165, 1.54) is 0 Å². The smallest absolute Gasteiger partial charge is 0.266 e. The summed E-state index contributed by atoms with van der Waals surface area (Å²) in [7, 11) is 0. The molecular weight excluding hydrogens is 480 g/mol. The second-order valence-corrected chi connectivity index (χ2v) is 9.50. The zero-order valence-electron chi connectivity index (χ0n) is 20.6. The van der Waals surface area contributed by atoms with Crippen LogP contribution >= 0.6 is 0 Å². The third-order valence-corrected chi connectivity index (χ3v) is 7.05. The molecule has 0 spiro atoms. The van der Waals surface area contributed by atoms with Crippen LogP contribution in [0.25, 0.3) is 11.1 Å². The minimum atomic E-state index is -0.448. The van der Waals surface area contributed by atoms with Crippen LogP contribution in [-0.2, 0) is 0 Å². The second kappa shape index (κ2) is 8.14. The fraction of sp³-hybridized carbons (Fsp3) is 0.0667. The summed E-state index contributed by atoms with van der Waals surface area (Å²) in [5.74, 6) is -1.74. The number of carbonyl (C=O) groups is 4. The predicted octanol–water partition coefficient (Wildman–Crippen LogP) is 4.74. The number of hydrogen-bond acceptors (Lipinski definition) is 6. The number of imide groups is 2. The van der Waals surface area contributed by atoms with E-state index in [1.807, 2.05) is 0 Å². The molecule has 4 aromatic rings. The molecule has 4 aromatic carbocycles. The van der Waals surface area contributed by atoms with Crippen LogP contribution in [-0.4, -0.2) is 23.6 Å². The number of amides is 4. The molecule has 8 nitrogen and oxygen atoms in total. The number of rotatable bonds is 3. The van der Waals surface area contributed by atoms with Gasteiger partial charge >= 0.3 is 0 Å². The van der Waals surface area contributed by atoms with Gasteiger partial charge in [0.1, 0.15) is 0 Å².